The van der Waals surface area contributed by atoms with Crippen molar-refractivity contribution in [2.75, 3.05) is 11.6 Å². The molecule has 2 heterocycles. The van der Waals surface area contributed by atoms with Gasteiger partial charge in [-0.2, -0.15) is 5.10 Å². The number of hydrogen-bond donors (Lipinski definition) is 2. The van der Waals surface area contributed by atoms with Crippen LogP contribution >= 0.6 is 0 Å². The minimum absolute atomic E-state index is 0.132. The van der Waals surface area contributed by atoms with Crippen LogP contribution in [0.1, 0.15) is 40.0 Å². The van der Waals surface area contributed by atoms with E-state index in [9.17, 15) is 9.59 Å². The molecule has 0 radical (unpaired) electrons. The Bertz CT molecular complexity index is 794. The van der Waals surface area contributed by atoms with Gasteiger partial charge < -0.3 is 4.42 Å². The molecule has 1 aliphatic rings. The number of hydrazone groups is 1. The molecule has 2 N–H and O–H groups in total. The van der Waals surface area contributed by atoms with Crippen LogP contribution in [0, 0.1) is 6.92 Å². The summed E-state index contributed by atoms with van der Waals surface area (Å²) in [6.07, 6.45) is 2.11. The number of oxazole rings is 1. The van der Waals surface area contributed by atoms with Gasteiger partial charge in [0.1, 0.15) is 5.76 Å². The number of nitrogens with one attached hydrogen (secondary N) is 2. The molecule has 124 valence electrons. The maximum absolute atomic E-state index is 12.1. The van der Waals surface area contributed by atoms with Crippen molar-refractivity contribution in [3.63, 3.8) is 0 Å². The number of aryl methyl sites for hydroxylation is 1. The van der Waals surface area contributed by atoms with Crippen molar-refractivity contribution < 1.29 is 14.0 Å². The summed E-state index contributed by atoms with van der Waals surface area (Å²) in [5, 5.41) is 6.30. The number of carbonyl (C=O) groups is 2. The van der Waals surface area contributed by atoms with Gasteiger partial charge >= 0.3 is 0 Å². The molecule has 24 heavy (non-hydrogen) atoms. The zero-order valence-electron chi connectivity index (χ0n) is 13.4. The van der Waals surface area contributed by atoms with Crippen LogP contribution in [0.5, 0.6) is 0 Å². The van der Waals surface area contributed by atoms with Gasteiger partial charge in [0.15, 0.2) is 12.1 Å². The largest absolute Gasteiger partial charge is 0.448 e. The smallest absolute Gasteiger partial charge is 0.291 e. The third kappa shape index (κ3) is 3.27. The first-order valence-corrected chi connectivity index (χ1v) is 7.47. The number of nitrogens with zero attached hydrogens (tertiary/aromatic N) is 3. The predicted octanol–water partition coefficient (Wildman–Crippen LogP) is 1.64. The fourth-order valence-corrected chi connectivity index (χ4v) is 2.31. The number of anilines is 1. The number of carbonyl (C=O) groups excluding carboxylic acids is 2. The number of rotatable bonds is 3. The van der Waals surface area contributed by atoms with Crippen molar-refractivity contribution in [3.05, 3.63) is 47.7 Å². The molecule has 8 nitrogen and oxygen atoms in total. The molecule has 1 aromatic heterocycles. The van der Waals surface area contributed by atoms with E-state index in [2.05, 4.69) is 20.9 Å². The first-order chi connectivity index (χ1) is 11.5. The van der Waals surface area contributed by atoms with Crippen LogP contribution in [-0.4, -0.2) is 29.1 Å². The van der Waals surface area contributed by atoms with E-state index < -0.39 is 11.8 Å². The maximum atomic E-state index is 12.1. The highest BCUT2D eigenvalue weighted by molar-refractivity contribution is 5.98. The Hall–Kier alpha value is -3.16. The van der Waals surface area contributed by atoms with Gasteiger partial charge in [0, 0.05) is 24.2 Å². The molecule has 0 aliphatic carbocycles. The van der Waals surface area contributed by atoms with E-state index in [0.717, 1.165) is 24.4 Å². The highest BCUT2D eigenvalue weighted by atomic mass is 16.3. The normalized spacial score (nSPS) is 13.6. The minimum Gasteiger partial charge on any atom is -0.448 e. The molecule has 0 saturated heterocycles. The van der Waals surface area contributed by atoms with Crippen LogP contribution in [0.4, 0.5) is 5.69 Å². The summed E-state index contributed by atoms with van der Waals surface area (Å²) in [6.45, 7) is 4.44. The van der Waals surface area contributed by atoms with Crippen molar-refractivity contribution in [1.29, 1.82) is 0 Å². The third-order valence-corrected chi connectivity index (χ3v) is 3.65. The molecule has 1 aliphatic heterocycles. The molecular formula is C16H17N5O3. The summed E-state index contributed by atoms with van der Waals surface area (Å²) >= 11 is 0. The quantitative estimate of drug-likeness (QED) is 0.835. The zero-order chi connectivity index (χ0) is 17.1. The van der Waals surface area contributed by atoms with E-state index >= 15 is 0 Å². The van der Waals surface area contributed by atoms with Gasteiger partial charge in [0.25, 0.3) is 11.8 Å². The molecule has 3 rings (SSSR count). The lowest BCUT2D eigenvalue weighted by atomic mass is 10.2. The second kappa shape index (κ2) is 6.53. The summed E-state index contributed by atoms with van der Waals surface area (Å²) in [6, 6.07) is 7.00. The summed E-state index contributed by atoms with van der Waals surface area (Å²) in [4.78, 5) is 27.7. The van der Waals surface area contributed by atoms with Gasteiger partial charge in [0.2, 0.25) is 0 Å². The molecule has 2 amide bonds. The Morgan fingerprint density at radius 3 is 2.42 bits per heavy atom. The highest BCUT2D eigenvalue weighted by Crippen LogP contribution is 2.19. The molecule has 8 heteroatoms. The minimum atomic E-state index is -0.534. The lowest BCUT2D eigenvalue weighted by Crippen LogP contribution is -2.42. The fraction of sp³-hybridized carbons (Fsp3) is 0.250. The number of aromatic nitrogens is 1. The summed E-state index contributed by atoms with van der Waals surface area (Å²) in [5.74, 6) is -0.571. The predicted molar refractivity (Wildman–Crippen MR) is 87.7 cm³/mol. The average molecular weight is 327 g/mol. The Morgan fingerprint density at radius 2 is 1.83 bits per heavy atom. The Labute approximate surface area is 138 Å². The van der Waals surface area contributed by atoms with Gasteiger partial charge in [-0.3, -0.25) is 25.4 Å². The molecular weight excluding hydrogens is 310 g/mol. The zero-order valence-corrected chi connectivity index (χ0v) is 13.4. The summed E-state index contributed by atoms with van der Waals surface area (Å²) in [5.41, 5.74) is 7.22. The topological polar surface area (TPSA) is 99.8 Å². The van der Waals surface area contributed by atoms with Crippen molar-refractivity contribution in [1.82, 2.24) is 15.8 Å². The van der Waals surface area contributed by atoms with Crippen LogP contribution in [-0.2, 0) is 0 Å². The number of benzene rings is 1. The first kappa shape index (κ1) is 15.7. The highest BCUT2D eigenvalue weighted by Gasteiger charge is 2.16. The third-order valence-electron chi connectivity index (χ3n) is 3.65. The van der Waals surface area contributed by atoms with E-state index in [1.165, 1.54) is 6.39 Å². The average Bonchev–Trinajstić information content (AvgIpc) is 3.21. The molecule has 2 aromatic rings. The van der Waals surface area contributed by atoms with Crippen molar-refractivity contribution in [2.24, 2.45) is 5.10 Å². The number of amides is 2. The van der Waals surface area contributed by atoms with Gasteiger partial charge in [-0.05, 0) is 38.1 Å². The molecule has 1 aromatic carbocycles. The maximum Gasteiger partial charge on any atom is 0.291 e. The van der Waals surface area contributed by atoms with Crippen LogP contribution in [0.2, 0.25) is 0 Å². The Morgan fingerprint density at radius 1 is 1.12 bits per heavy atom. The number of hydrogen-bond acceptors (Lipinski definition) is 6. The standard InChI is InChI=1S/C16H17N5O3/c1-10-7-8-21(20-10)13-5-3-12(4-6-13)15(22)18-19-16(23)14-11(2)24-9-17-14/h3-6,9H,7-8H2,1-2H3,(H,18,22)(H,19,23). The van der Waals surface area contributed by atoms with E-state index in [-0.39, 0.29) is 5.69 Å². The SMILES string of the molecule is CC1=NN(c2ccc(C(=O)NNC(=O)c3ncoc3C)cc2)CC1. The van der Waals surface area contributed by atoms with Gasteiger partial charge in [-0.25, -0.2) is 4.98 Å². The van der Waals surface area contributed by atoms with Crippen LogP contribution in [0.25, 0.3) is 0 Å². The van der Waals surface area contributed by atoms with E-state index in [4.69, 9.17) is 4.42 Å². The van der Waals surface area contributed by atoms with E-state index in [1.54, 1.807) is 19.1 Å². The fourth-order valence-electron chi connectivity index (χ4n) is 2.31. The summed E-state index contributed by atoms with van der Waals surface area (Å²) in [7, 11) is 0. The molecule has 0 spiro atoms. The second-order valence-electron chi connectivity index (χ2n) is 5.42. The van der Waals surface area contributed by atoms with E-state index in [1.807, 2.05) is 24.1 Å². The molecule has 0 saturated carbocycles. The summed E-state index contributed by atoms with van der Waals surface area (Å²) < 4.78 is 4.95. The number of hydrazine groups is 1. The molecule has 0 bridgehead atoms. The first-order valence-electron chi connectivity index (χ1n) is 7.47. The Kier molecular flexibility index (Phi) is 4.28. The van der Waals surface area contributed by atoms with Crippen molar-refractivity contribution in [2.45, 2.75) is 20.3 Å². The van der Waals surface area contributed by atoms with Gasteiger partial charge in [-0.15, -0.1) is 0 Å². The Balaban J connectivity index is 1.59. The van der Waals surface area contributed by atoms with Gasteiger partial charge in [0.05, 0.1) is 5.69 Å². The van der Waals surface area contributed by atoms with Crippen molar-refractivity contribution in [3.8, 4) is 0 Å². The van der Waals surface area contributed by atoms with Crippen LogP contribution in [0.15, 0.2) is 40.2 Å². The van der Waals surface area contributed by atoms with Crippen LogP contribution in [0.3, 0.4) is 0 Å². The van der Waals surface area contributed by atoms with E-state index in [0.29, 0.717) is 11.3 Å². The lowest BCUT2D eigenvalue weighted by Gasteiger charge is -2.14. The molecule has 0 atom stereocenters. The monoisotopic (exact) mass is 327 g/mol. The lowest BCUT2D eigenvalue weighted by molar-refractivity contribution is 0.0843. The molecule has 0 fully saturated rings. The van der Waals surface area contributed by atoms with Gasteiger partial charge in [-0.1, -0.05) is 0 Å². The molecule has 0 unspecified atom stereocenters. The second-order valence-corrected chi connectivity index (χ2v) is 5.42. The van der Waals surface area contributed by atoms with Crippen molar-refractivity contribution >= 4 is 23.2 Å². The van der Waals surface area contributed by atoms with Crippen LogP contribution < -0.4 is 15.9 Å².